The summed E-state index contributed by atoms with van der Waals surface area (Å²) in [6, 6.07) is 10.4. The number of carbonyl (C=O) groups is 1. The maximum atomic E-state index is 12.4. The third-order valence-electron chi connectivity index (χ3n) is 5.57. The Hall–Kier alpha value is -2.61. The van der Waals surface area contributed by atoms with Gasteiger partial charge in [-0.1, -0.05) is 60.4 Å². The van der Waals surface area contributed by atoms with Crippen LogP contribution in [0.4, 0.5) is 5.82 Å². The monoisotopic (exact) mass is 425 g/mol. The average Bonchev–Trinajstić information content (AvgIpc) is 3.33. The highest BCUT2D eigenvalue weighted by molar-refractivity contribution is 7.99. The molecule has 0 radical (unpaired) electrons. The van der Waals surface area contributed by atoms with Gasteiger partial charge in [0.1, 0.15) is 5.76 Å². The Labute approximate surface area is 180 Å². The first-order chi connectivity index (χ1) is 14.5. The lowest BCUT2D eigenvalue weighted by Crippen LogP contribution is -2.23. The van der Waals surface area contributed by atoms with Crippen LogP contribution in [0.5, 0.6) is 0 Å². The van der Waals surface area contributed by atoms with Crippen LogP contribution in [0.25, 0.3) is 11.4 Å². The minimum atomic E-state index is -0.142. The molecule has 0 unspecified atom stereocenters. The quantitative estimate of drug-likeness (QED) is 0.557. The first-order valence-electron chi connectivity index (χ1n) is 10.4. The van der Waals surface area contributed by atoms with Crippen molar-refractivity contribution in [2.24, 2.45) is 5.92 Å². The van der Waals surface area contributed by atoms with Crippen LogP contribution in [0.1, 0.15) is 50.0 Å². The van der Waals surface area contributed by atoms with Gasteiger partial charge in [-0.15, -0.1) is 10.2 Å². The largest absolute Gasteiger partial charge is 0.360 e. The van der Waals surface area contributed by atoms with Crippen molar-refractivity contribution in [2.45, 2.75) is 57.7 Å². The van der Waals surface area contributed by atoms with E-state index in [0.717, 1.165) is 23.0 Å². The lowest BCUT2D eigenvalue weighted by molar-refractivity contribution is -0.113. The number of carbonyl (C=O) groups excluding carboxylic acids is 1. The first kappa shape index (κ1) is 20.7. The summed E-state index contributed by atoms with van der Waals surface area (Å²) < 4.78 is 7.26. The van der Waals surface area contributed by atoms with Gasteiger partial charge in [0.15, 0.2) is 16.8 Å². The van der Waals surface area contributed by atoms with Crippen molar-refractivity contribution in [1.29, 1.82) is 0 Å². The molecule has 1 aromatic carbocycles. The fraction of sp³-hybridized carbons (Fsp3) is 0.455. The topological polar surface area (TPSA) is 85.8 Å². The van der Waals surface area contributed by atoms with E-state index in [9.17, 15) is 4.79 Å². The standard InChI is InChI=1S/C22H27N5O2S/c1-14-7-6-9-17(11-14)21-24-25-22(27(21)18-10-5-4-8-15(18)2)30-13-20(28)23-19-12-16(3)29-26-19/h6-7,9,11-12,15,18H,4-5,8,10,13H2,1-3H3,(H,23,26,28)/t15-,18+/m1/s1. The second-order valence-electron chi connectivity index (χ2n) is 8.03. The molecule has 0 bridgehead atoms. The molecule has 2 heterocycles. The van der Waals surface area contributed by atoms with Crippen molar-refractivity contribution in [3.8, 4) is 11.4 Å². The van der Waals surface area contributed by atoms with Gasteiger partial charge in [-0.3, -0.25) is 9.36 Å². The molecule has 1 aliphatic carbocycles. The molecule has 7 nitrogen and oxygen atoms in total. The van der Waals surface area contributed by atoms with Gasteiger partial charge in [0, 0.05) is 17.7 Å². The van der Waals surface area contributed by atoms with Crippen LogP contribution in [0.15, 0.2) is 40.0 Å². The zero-order valence-electron chi connectivity index (χ0n) is 17.6. The highest BCUT2D eigenvalue weighted by atomic mass is 32.2. The average molecular weight is 426 g/mol. The molecule has 1 amide bonds. The minimum Gasteiger partial charge on any atom is -0.360 e. The van der Waals surface area contributed by atoms with Crippen LogP contribution in [0.2, 0.25) is 0 Å². The van der Waals surface area contributed by atoms with Crippen molar-refractivity contribution in [3.05, 3.63) is 41.7 Å². The number of nitrogens with zero attached hydrogens (tertiary/aromatic N) is 4. The van der Waals surface area contributed by atoms with Gasteiger partial charge in [-0.2, -0.15) is 0 Å². The van der Waals surface area contributed by atoms with Crippen molar-refractivity contribution < 1.29 is 9.32 Å². The molecule has 3 aromatic rings. The number of aryl methyl sites for hydroxylation is 2. The summed E-state index contributed by atoms with van der Waals surface area (Å²) in [5, 5.41) is 16.4. The molecular formula is C22H27N5O2S. The van der Waals surface area contributed by atoms with E-state index in [2.05, 4.69) is 57.3 Å². The van der Waals surface area contributed by atoms with E-state index in [0.29, 0.717) is 23.5 Å². The summed E-state index contributed by atoms with van der Waals surface area (Å²) in [7, 11) is 0. The Morgan fingerprint density at radius 2 is 2.07 bits per heavy atom. The maximum absolute atomic E-state index is 12.4. The van der Waals surface area contributed by atoms with E-state index in [4.69, 9.17) is 4.52 Å². The van der Waals surface area contributed by atoms with E-state index in [-0.39, 0.29) is 11.7 Å². The molecule has 1 N–H and O–H groups in total. The van der Waals surface area contributed by atoms with Crippen LogP contribution in [0, 0.1) is 19.8 Å². The van der Waals surface area contributed by atoms with E-state index < -0.39 is 0 Å². The van der Waals surface area contributed by atoms with Crippen LogP contribution in [-0.2, 0) is 4.79 Å². The second-order valence-corrected chi connectivity index (χ2v) is 8.98. The van der Waals surface area contributed by atoms with Crippen molar-refractivity contribution in [3.63, 3.8) is 0 Å². The summed E-state index contributed by atoms with van der Waals surface area (Å²) in [6.07, 6.45) is 4.78. The van der Waals surface area contributed by atoms with Crippen LogP contribution in [0.3, 0.4) is 0 Å². The Bertz CT molecular complexity index is 1030. The molecule has 8 heteroatoms. The van der Waals surface area contributed by atoms with E-state index >= 15 is 0 Å². The summed E-state index contributed by atoms with van der Waals surface area (Å²) in [6.45, 7) is 6.18. The molecule has 2 aromatic heterocycles. The van der Waals surface area contributed by atoms with Crippen molar-refractivity contribution in [1.82, 2.24) is 19.9 Å². The highest BCUT2D eigenvalue weighted by Gasteiger charge is 2.29. The highest BCUT2D eigenvalue weighted by Crippen LogP contribution is 2.39. The smallest absolute Gasteiger partial charge is 0.236 e. The van der Waals surface area contributed by atoms with Crippen LogP contribution < -0.4 is 5.32 Å². The van der Waals surface area contributed by atoms with E-state index in [1.165, 1.54) is 36.6 Å². The summed E-state index contributed by atoms with van der Waals surface area (Å²) in [5.41, 5.74) is 2.25. The molecule has 1 aliphatic rings. The van der Waals surface area contributed by atoms with Crippen LogP contribution >= 0.6 is 11.8 Å². The SMILES string of the molecule is Cc1cccc(-c2nnc(SCC(=O)Nc3cc(C)on3)n2[C@H]2CCCC[C@H]2C)c1. The number of nitrogens with one attached hydrogen (secondary N) is 1. The molecule has 2 atom stereocenters. The van der Waals surface area contributed by atoms with Gasteiger partial charge in [-0.25, -0.2) is 0 Å². The lowest BCUT2D eigenvalue weighted by atomic mass is 9.85. The Morgan fingerprint density at radius 3 is 2.80 bits per heavy atom. The Kier molecular flexibility index (Phi) is 6.22. The summed E-state index contributed by atoms with van der Waals surface area (Å²) in [4.78, 5) is 12.4. The molecule has 0 saturated heterocycles. The second kappa shape index (κ2) is 9.04. The number of rotatable bonds is 6. The van der Waals surface area contributed by atoms with Crippen molar-refractivity contribution in [2.75, 3.05) is 11.1 Å². The number of amides is 1. The zero-order chi connectivity index (χ0) is 21.1. The molecule has 0 spiro atoms. The zero-order valence-corrected chi connectivity index (χ0v) is 18.4. The maximum Gasteiger partial charge on any atom is 0.236 e. The van der Waals surface area contributed by atoms with Crippen molar-refractivity contribution >= 4 is 23.5 Å². The van der Waals surface area contributed by atoms with Gasteiger partial charge in [0.05, 0.1) is 5.75 Å². The molecule has 0 aliphatic heterocycles. The predicted molar refractivity (Wildman–Crippen MR) is 117 cm³/mol. The minimum absolute atomic E-state index is 0.142. The van der Waals surface area contributed by atoms with Gasteiger partial charge in [0.25, 0.3) is 0 Å². The fourth-order valence-corrected chi connectivity index (χ4v) is 4.86. The molecule has 1 fully saturated rings. The predicted octanol–water partition coefficient (Wildman–Crippen LogP) is 5.03. The number of hydrogen-bond acceptors (Lipinski definition) is 6. The van der Waals surface area contributed by atoms with Gasteiger partial charge in [-0.05, 0) is 38.7 Å². The number of hydrogen-bond donors (Lipinski definition) is 1. The van der Waals surface area contributed by atoms with E-state index in [1.54, 1.807) is 13.0 Å². The third kappa shape index (κ3) is 4.59. The molecule has 158 valence electrons. The van der Waals surface area contributed by atoms with Gasteiger partial charge >= 0.3 is 0 Å². The Balaban J connectivity index is 1.58. The summed E-state index contributed by atoms with van der Waals surface area (Å²) >= 11 is 1.42. The Morgan fingerprint density at radius 1 is 1.23 bits per heavy atom. The van der Waals surface area contributed by atoms with Crippen LogP contribution in [-0.4, -0.2) is 31.6 Å². The first-order valence-corrected chi connectivity index (χ1v) is 11.4. The van der Waals surface area contributed by atoms with Gasteiger partial charge < -0.3 is 9.84 Å². The summed E-state index contributed by atoms with van der Waals surface area (Å²) in [5.74, 6) is 2.61. The number of aromatic nitrogens is 4. The number of thioether (sulfide) groups is 1. The number of benzene rings is 1. The normalized spacial score (nSPS) is 19.0. The third-order valence-corrected chi connectivity index (χ3v) is 6.51. The van der Waals surface area contributed by atoms with Gasteiger partial charge in [0.2, 0.25) is 5.91 Å². The number of anilines is 1. The van der Waals surface area contributed by atoms with E-state index in [1.807, 2.05) is 6.07 Å². The molecule has 4 rings (SSSR count). The molecule has 30 heavy (non-hydrogen) atoms. The lowest BCUT2D eigenvalue weighted by Gasteiger charge is -2.31. The molecular weight excluding hydrogens is 398 g/mol. The molecule has 1 saturated carbocycles. The fourth-order valence-electron chi connectivity index (χ4n) is 4.07.